The molecule has 0 aromatic carbocycles. The molecule has 3 heteroatoms. The molecule has 8 heavy (non-hydrogen) atoms. The summed E-state index contributed by atoms with van der Waals surface area (Å²) < 4.78 is 4.82. The molecule has 1 heterocycles. The fourth-order valence-corrected chi connectivity index (χ4v) is 0.821. The Morgan fingerprint density at radius 2 is 2.25 bits per heavy atom. The Labute approximate surface area is 47.9 Å². The zero-order chi connectivity index (χ0) is 5.98. The third-order valence-corrected chi connectivity index (χ3v) is 1.29. The van der Waals surface area contributed by atoms with E-state index in [1.165, 1.54) is 0 Å². The third-order valence-electron chi connectivity index (χ3n) is 1.29. The molecule has 3 nitrogen and oxygen atoms in total. The van der Waals surface area contributed by atoms with Gasteiger partial charge in [-0.3, -0.25) is 0 Å². The summed E-state index contributed by atoms with van der Waals surface area (Å²) in [5.41, 5.74) is 0. The van der Waals surface area contributed by atoms with Crippen LogP contribution < -0.4 is 0 Å². The van der Waals surface area contributed by atoms with Crippen LogP contribution in [0.5, 0.6) is 0 Å². The molecule has 0 unspecified atom stereocenters. The molecule has 1 fully saturated rings. The van der Waals surface area contributed by atoms with Crippen molar-refractivity contribution in [3.63, 3.8) is 0 Å². The lowest BCUT2D eigenvalue weighted by Gasteiger charge is -2.04. The zero-order valence-electron chi connectivity index (χ0n) is 4.58. The Balaban J connectivity index is 2.22. The Morgan fingerprint density at radius 1 is 1.50 bits per heavy atom. The first-order valence-corrected chi connectivity index (χ1v) is 2.77. The highest BCUT2D eigenvalue weighted by Gasteiger charge is 2.21. The molecule has 0 bridgehead atoms. The molecular weight excluding hydrogens is 108 g/mol. The van der Waals surface area contributed by atoms with E-state index in [2.05, 4.69) is 0 Å². The van der Waals surface area contributed by atoms with Crippen LogP contribution in [0.15, 0.2) is 0 Å². The van der Waals surface area contributed by atoms with Crippen molar-refractivity contribution in [3.05, 3.63) is 0 Å². The number of hydrogen-bond donors (Lipinski definition) is 2. The standard InChI is InChI=1S/C5H10O3/c6-3-4-1-2-5(7)8-4/h4-7H,1-3H2/t4-,5+/m1/s1. The summed E-state index contributed by atoms with van der Waals surface area (Å²) in [5.74, 6) is 0. The molecule has 0 saturated carbocycles. The fourth-order valence-electron chi connectivity index (χ4n) is 0.821. The number of ether oxygens (including phenoxy) is 1. The van der Waals surface area contributed by atoms with Gasteiger partial charge in [0.25, 0.3) is 0 Å². The summed E-state index contributed by atoms with van der Waals surface area (Å²) >= 11 is 0. The number of rotatable bonds is 1. The van der Waals surface area contributed by atoms with Crippen molar-refractivity contribution in [2.24, 2.45) is 0 Å². The summed E-state index contributed by atoms with van der Waals surface area (Å²) in [5, 5.41) is 17.1. The maximum atomic E-state index is 8.70. The largest absolute Gasteiger partial charge is 0.394 e. The lowest BCUT2D eigenvalue weighted by atomic mass is 10.2. The number of aliphatic hydroxyl groups excluding tert-OH is 2. The second-order valence-electron chi connectivity index (χ2n) is 1.97. The number of hydrogen-bond acceptors (Lipinski definition) is 3. The van der Waals surface area contributed by atoms with Gasteiger partial charge in [-0.1, -0.05) is 0 Å². The van der Waals surface area contributed by atoms with Crippen molar-refractivity contribution in [2.75, 3.05) is 6.61 Å². The van der Waals surface area contributed by atoms with Crippen LogP contribution in [0, 0.1) is 0 Å². The molecule has 1 rings (SSSR count). The summed E-state index contributed by atoms with van der Waals surface area (Å²) in [6.45, 7) is 0.0249. The van der Waals surface area contributed by atoms with Crippen LogP contribution in [0.3, 0.4) is 0 Å². The van der Waals surface area contributed by atoms with Crippen molar-refractivity contribution in [2.45, 2.75) is 25.2 Å². The summed E-state index contributed by atoms with van der Waals surface area (Å²) in [7, 11) is 0. The van der Waals surface area contributed by atoms with Crippen molar-refractivity contribution >= 4 is 0 Å². The normalized spacial score (nSPS) is 38.2. The van der Waals surface area contributed by atoms with E-state index in [1.54, 1.807) is 0 Å². The molecule has 2 N–H and O–H groups in total. The van der Waals surface area contributed by atoms with Gasteiger partial charge in [-0.2, -0.15) is 0 Å². The Bertz CT molecular complexity index is 74.1. The number of aliphatic hydroxyl groups is 2. The molecular formula is C5H10O3. The molecule has 0 aromatic heterocycles. The molecule has 0 amide bonds. The summed E-state index contributed by atoms with van der Waals surface area (Å²) in [6.07, 6.45) is 0.681. The molecule has 1 aliphatic rings. The van der Waals surface area contributed by atoms with Gasteiger partial charge in [0, 0.05) is 6.42 Å². The van der Waals surface area contributed by atoms with E-state index in [1.807, 2.05) is 0 Å². The van der Waals surface area contributed by atoms with Gasteiger partial charge in [-0.05, 0) is 6.42 Å². The minimum Gasteiger partial charge on any atom is -0.394 e. The van der Waals surface area contributed by atoms with Gasteiger partial charge in [-0.25, -0.2) is 0 Å². The first kappa shape index (κ1) is 6.01. The fraction of sp³-hybridized carbons (Fsp3) is 1.00. The van der Waals surface area contributed by atoms with Crippen molar-refractivity contribution < 1.29 is 14.9 Å². The van der Waals surface area contributed by atoms with Gasteiger partial charge < -0.3 is 14.9 Å². The van der Waals surface area contributed by atoms with Crippen LogP contribution in [0.1, 0.15) is 12.8 Å². The van der Waals surface area contributed by atoms with E-state index in [0.717, 1.165) is 6.42 Å². The SMILES string of the molecule is OC[C@H]1CC[C@@H](O)O1. The van der Waals surface area contributed by atoms with Crippen LogP contribution >= 0.6 is 0 Å². The van der Waals surface area contributed by atoms with E-state index in [9.17, 15) is 0 Å². The molecule has 48 valence electrons. The molecule has 0 aromatic rings. The molecule has 1 aliphatic heterocycles. The van der Waals surface area contributed by atoms with E-state index < -0.39 is 6.29 Å². The second kappa shape index (κ2) is 2.44. The van der Waals surface area contributed by atoms with E-state index in [4.69, 9.17) is 14.9 Å². The first-order valence-electron chi connectivity index (χ1n) is 2.77. The Morgan fingerprint density at radius 3 is 2.50 bits per heavy atom. The highest BCUT2D eigenvalue weighted by atomic mass is 16.6. The predicted octanol–water partition coefficient (Wildman–Crippen LogP) is -0.524. The third kappa shape index (κ3) is 1.18. The van der Waals surface area contributed by atoms with E-state index >= 15 is 0 Å². The molecule has 0 radical (unpaired) electrons. The van der Waals surface area contributed by atoms with Gasteiger partial charge in [-0.15, -0.1) is 0 Å². The maximum Gasteiger partial charge on any atom is 0.155 e. The Kier molecular flexibility index (Phi) is 1.83. The minimum atomic E-state index is -0.632. The zero-order valence-corrected chi connectivity index (χ0v) is 4.58. The lowest BCUT2D eigenvalue weighted by Crippen LogP contribution is -2.13. The molecule has 0 aliphatic carbocycles. The maximum absolute atomic E-state index is 8.70. The minimum absolute atomic E-state index is 0.0249. The van der Waals surface area contributed by atoms with Crippen LogP contribution in [-0.4, -0.2) is 29.2 Å². The molecule has 0 spiro atoms. The highest BCUT2D eigenvalue weighted by Crippen LogP contribution is 2.16. The van der Waals surface area contributed by atoms with Crippen molar-refractivity contribution in [1.29, 1.82) is 0 Å². The smallest absolute Gasteiger partial charge is 0.155 e. The highest BCUT2D eigenvalue weighted by molar-refractivity contribution is 4.64. The van der Waals surface area contributed by atoms with Crippen molar-refractivity contribution in [3.8, 4) is 0 Å². The quantitative estimate of drug-likeness (QED) is 0.487. The van der Waals surface area contributed by atoms with Crippen LogP contribution in [0.25, 0.3) is 0 Å². The molecule has 1 saturated heterocycles. The average Bonchev–Trinajstić information content (AvgIpc) is 2.14. The van der Waals surface area contributed by atoms with E-state index in [0.29, 0.717) is 6.42 Å². The summed E-state index contributed by atoms with van der Waals surface area (Å²) in [6, 6.07) is 0. The monoisotopic (exact) mass is 118 g/mol. The second-order valence-corrected chi connectivity index (χ2v) is 1.97. The first-order chi connectivity index (χ1) is 3.83. The van der Waals surface area contributed by atoms with Gasteiger partial charge in [0.05, 0.1) is 12.7 Å². The van der Waals surface area contributed by atoms with Gasteiger partial charge >= 0.3 is 0 Å². The summed E-state index contributed by atoms with van der Waals surface area (Å²) in [4.78, 5) is 0. The predicted molar refractivity (Wildman–Crippen MR) is 27.2 cm³/mol. The van der Waals surface area contributed by atoms with Gasteiger partial charge in [0.2, 0.25) is 0 Å². The Hall–Kier alpha value is -0.120. The lowest BCUT2D eigenvalue weighted by molar-refractivity contribution is -0.101. The van der Waals surface area contributed by atoms with Crippen molar-refractivity contribution in [1.82, 2.24) is 0 Å². The van der Waals surface area contributed by atoms with Crippen LogP contribution in [0.2, 0.25) is 0 Å². The topological polar surface area (TPSA) is 49.7 Å². The van der Waals surface area contributed by atoms with Crippen LogP contribution in [0.4, 0.5) is 0 Å². The van der Waals surface area contributed by atoms with Gasteiger partial charge in [0.1, 0.15) is 0 Å². The van der Waals surface area contributed by atoms with Crippen LogP contribution in [-0.2, 0) is 4.74 Å². The van der Waals surface area contributed by atoms with Gasteiger partial charge in [0.15, 0.2) is 6.29 Å². The molecule has 2 atom stereocenters. The average molecular weight is 118 g/mol. The van der Waals surface area contributed by atoms with E-state index in [-0.39, 0.29) is 12.7 Å².